The zero-order chi connectivity index (χ0) is 18.6. The topological polar surface area (TPSA) is 77.2 Å². The minimum absolute atomic E-state index is 0.0799. The Hall–Kier alpha value is -2.70. The number of benzene rings is 2. The van der Waals surface area contributed by atoms with E-state index in [9.17, 15) is 4.79 Å². The van der Waals surface area contributed by atoms with E-state index >= 15 is 0 Å². The summed E-state index contributed by atoms with van der Waals surface area (Å²) < 4.78 is 11.0. The molecule has 1 aromatic heterocycles. The van der Waals surface area contributed by atoms with Gasteiger partial charge in [-0.1, -0.05) is 41.0 Å². The molecule has 27 heavy (non-hydrogen) atoms. The monoisotopic (exact) mass is 383 g/mol. The van der Waals surface area contributed by atoms with Gasteiger partial charge in [0.15, 0.2) is 0 Å². The summed E-state index contributed by atoms with van der Waals surface area (Å²) in [7, 11) is 0. The number of hydrogen-bond donors (Lipinski definition) is 1. The molecule has 1 N–H and O–H groups in total. The zero-order valence-electron chi connectivity index (χ0n) is 14.5. The molecule has 1 atom stereocenters. The number of halogens is 1. The van der Waals surface area contributed by atoms with Gasteiger partial charge in [0.05, 0.1) is 22.3 Å². The Bertz CT molecular complexity index is 951. The summed E-state index contributed by atoms with van der Waals surface area (Å²) in [6.45, 7) is 1.24. The lowest BCUT2D eigenvalue weighted by Crippen LogP contribution is -2.32. The molecule has 1 fully saturated rings. The van der Waals surface area contributed by atoms with Crippen molar-refractivity contribution in [2.24, 2.45) is 0 Å². The molecule has 138 valence electrons. The first kappa shape index (κ1) is 17.7. The number of rotatable bonds is 5. The molecule has 7 heteroatoms. The molecule has 6 nitrogen and oxygen atoms in total. The van der Waals surface area contributed by atoms with Crippen LogP contribution in [-0.4, -0.2) is 35.3 Å². The van der Waals surface area contributed by atoms with Gasteiger partial charge in [-0.2, -0.15) is 4.98 Å². The summed E-state index contributed by atoms with van der Waals surface area (Å²) >= 11 is 6.20. The van der Waals surface area contributed by atoms with Crippen LogP contribution in [0.3, 0.4) is 0 Å². The molecule has 0 unspecified atom stereocenters. The van der Waals surface area contributed by atoms with Crippen LogP contribution in [0.4, 0.5) is 0 Å². The molecule has 0 bridgehead atoms. The van der Waals surface area contributed by atoms with Crippen LogP contribution in [0.25, 0.3) is 22.8 Å². The molecule has 1 saturated heterocycles. The Balaban J connectivity index is 1.58. The fourth-order valence-corrected chi connectivity index (χ4v) is 3.28. The first-order valence-corrected chi connectivity index (χ1v) is 9.18. The molecular weight excluding hydrogens is 366 g/mol. The highest BCUT2D eigenvalue weighted by atomic mass is 35.5. The second-order valence-electron chi connectivity index (χ2n) is 6.29. The van der Waals surface area contributed by atoms with Crippen molar-refractivity contribution >= 4 is 17.5 Å². The Labute approximate surface area is 161 Å². The fraction of sp³-hybridized carbons (Fsp3) is 0.250. The number of nitrogens with zero attached hydrogens (tertiary/aromatic N) is 2. The second kappa shape index (κ2) is 7.90. The Morgan fingerprint density at radius 1 is 1.15 bits per heavy atom. The number of hydrogen-bond acceptors (Lipinski definition) is 5. The van der Waals surface area contributed by atoms with Gasteiger partial charge >= 0.3 is 0 Å². The molecular formula is C20H18ClN3O3. The highest BCUT2D eigenvalue weighted by Gasteiger charge is 2.21. The van der Waals surface area contributed by atoms with Crippen molar-refractivity contribution in [3.05, 3.63) is 59.1 Å². The molecule has 2 heterocycles. The molecule has 0 saturated carbocycles. The van der Waals surface area contributed by atoms with Gasteiger partial charge < -0.3 is 14.6 Å². The normalized spacial score (nSPS) is 16.4. The highest BCUT2D eigenvalue weighted by Crippen LogP contribution is 2.28. The van der Waals surface area contributed by atoms with Crippen molar-refractivity contribution in [3.8, 4) is 22.8 Å². The van der Waals surface area contributed by atoms with Crippen LogP contribution in [0.1, 0.15) is 23.2 Å². The van der Waals surface area contributed by atoms with Crippen LogP contribution in [-0.2, 0) is 4.74 Å². The van der Waals surface area contributed by atoms with Crippen LogP contribution in [0.15, 0.2) is 53.1 Å². The number of carbonyl (C=O) groups is 1. The third-order valence-electron chi connectivity index (χ3n) is 4.46. The van der Waals surface area contributed by atoms with Crippen molar-refractivity contribution < 1.29 is 14.1 Å². The van der Waals surface area contributed by atoms with E-state index in [-0.39, 0.29) is 17.9 Å². The minimum Gasteiger partial charge on any atom is -0.376 e. The van der Waals surface area contributed by atoms with E-state index in [4.69, 9.17) is 20.9 Å². The van der Waals surface area contributed by atoms with Crippen molar-refractivity contribution in [1.82, 2.24) is 15.5 Å². The van der Waals surface area contributed by atoms with E-state index in [1.54, 1.807) is 24.3 Å². The van der Waals surface area contributed by atoms with Crippen molar-refractivity contribution in [1.29, 1.82) is 0 Å². The number of ether oxygens (including phenoxy) is 1. The molecule has 2 aromatic carbocycles. The number of amides is 1. The van der Waals surface area contributed by atoms with Gasteiger partial charge in [-0.05, 0) is 37.1 Å². The van der Waals surface area contributed by atoms with Crippen molar-refractivity contribution in [2.45, 2.75) is 18.9 Å². The smallest absolute Gasteiger partial charge is 0.259 e. The van der Waals surface area contributed by atoms with Crippen LogP contribution < -0.4 is 5.32 Å². The number of aromatic nitrogens is 2. The quantitative estimate of drug-likeness (QED) is 0.721. The predicted molar refractivity (Wildman–Crippen MR) is 101 cm³/mol. The maximum absolute atomic E-state index is 12.6. The molecule has 3 aromatic rings. The summed E-state index contributed by atoms with van der Waals surface area (Å²) in [5, 5.41) is 7.47. The van der Waals surface area contributed by atoms with Crippen LogP contribution in [0.5, 0.6) is 0 Å². The predicted octanol–water partition coefficient (Wildman–Crippen LogP) is 3.97. The van der Waals surface area contributed by atoms with Crippen LogP contribution >= 0.6 is 11.6 Å². The SMILES string of the molecule is O=C(NC[C@@H]1CCCO1)c1ccccc1-c1nc(-c2ccccc2Cl)no1. The number of carbonyl (C=O) groups excluding carboxylic acids is 1. The van der Waals surface area contributed by atoms with Gasteiger partial charge in [0.2, 0.25) is 5.82 Å². The van der Waals surface area contributed by atoms with Gasteiger partial charge in [0.1, 0.15) is 0 Å². The van der Waals surface area contributed by atoms with Gasteiger partial charge in [0.25, 0.3) is 11.8 Å². The largest absolute Gasteiger partial charge is 0.376 e. The van der Waals surface area contributed by atoms with Gasteiger partial charge in [0, 0.05) is 18.7 Å². The lowest BCUT2D eigenvalue weighted by molar-refractivity contribution is 0.0858. The standard InChI is InChI=1S/C20H18ClN3O3/c21-17-10-4-3-9-16(17)18-23-20(27-24-18)15-8-2-1-7-14(15)19(25)22-12-13-6-5-11-26-13/h1-4,7-10,13H,5-6,11-12H2,(H,22,25)/t13-/m0/s1. The van der Waals surface area contributed by atoms with E-state index in [0.29, 0.717) is 34.1 Å². The van der Waals surface area contributed by atoms with Crippen molar-refractivity contribution in [3.63, 3.8) is 0 Å². The highest BCUT2D eigenvalue weighted by molar-refractivity contribution is 6.33. The first-order chi connectivity index (χ1) is 13.2. The lowest BCUT2D eigenvalue weighted by atomic mass is 10.1. The van der Waals surface area contributed by atoms with E-state index < -0.39 is 0 Å². The summed E-state index contributed by atoms with van der Waals surface area (Å²) in [6, 6.07) is 14.4. The maximum Gasteiger partial charge on any atom is 0.259 e. The Morgan fingerprint density at radius 2 is 1.93 bits per heavy atom. The fourth-order valence-electron chi connectivity index (χ4n) is 3.06. The third kappa shape index (κ3) is 3.86. The molecule has 1 aliphatic rings. The Morgan fingerprint density at radius 3 is 2.70 bits per heavy atom. The van der Waals surface area contributed by atoms with Gasteiger partial charge in [-0.15, -0.1) is 0 Å². The van der Waals surface area contributed by atoms with Gasteiger partial charge in [-0.25, -0.2) is 0 Å². The van der Waals surface area contributed by atoms with E-state index in [1.165, 1.54) is 0 Å². The molecule has 0 aliphatic carbocycles. The average molecular weight is 384 g/mol. The first-order valence-electron chi connectivity index (χ1n) is 8.80. The molecule has 1 aliphatic heterocycles. The zero-order valence-corrected chi connectivity index (χ0v) is 15.3. The minimum atomic E-state index is -0.196. The van der Waals surface area contributed by atoms with E-state index in [2.05, 4.69) is 15.5 Å². The molecule has 4 rings (SSSR count). The second-order valence-corrected chi connectivity index (χ2v) is 6.70. The summed E-state index contributed by atoms with van der Waals surface area (Å²) in [6.07, 6.45) is 2.08. The van der Waals surface area contributed by atoms with Crippen molar-refractivity contribution in [2.75, 3.05) is 13.2 Å². The van der Waals surface area contributed by atoms with Crippen LogP contribution in [0, 0.1) is 0 Å². The molecule has 0 spiro atoms. The summed E-state index contributed by atoms with van der Waals surface area (Å²) in [4.78, 5) is 17.1. The third-order valence-corrected chi connectivity index (χ3v) is 4.79. The number of nitrogens with one attached hydrogen (secondary N) is 1. The Kier molecular flexibility index (Phi) is 5.18. The average Bonchev–Trinajstić information content (AvgIpc) is 3.38. The molecule has 1 amide bonds. The van der Waals surface area contributed by atoms with Crippen LogP contribution in [0.2, 0.25) is 5.02 Å². The summed E-state index contributed by atoms with van der Waals surface area (Å²) in [5.74, 6) is 0.455. The van der Waals surface area contributed by atoms with E-state index in [1.807, 2.05) is 24.3 Å². The lowest BCUT2D eigenvalue weighted by Gasteiger charge is -2.11. The summed E-state index contributed by atoms with van der Waals surface area (Å²) in [5.41, 5.74) is 1.73. The van der Waals surface area contributed by atoms with E-state index in [0.717, 1.165) is 19.4 Å². The molecule has 0 radical (unpaired) electrons. The maximum atomic E-state index is 12.6. The van der Waals surface area contributed by atoms with Gasteiger partial charge in [-0.3, -0.25) is 4.79 Å².